The van der Waals surface area contributed by atoms with Crippen LogP contribution in [0.5, 0.6) is 5.75 Å². The molecule has 1 aromatic carbocycles. The third kappa shape index (κ3) is 8.87. The average molecular weight is 376 g/mol. The van der Waals surface area contributed by atoms with Gasteiger partial charge < -0.3 is 15.4 Å². The number of likely N-dealkylation sites (N-methyl/N-ethyl adjacent to an activating group) is 1. The lowest BCUT2D eigenvalue weighted by Crippen LogP contribution is -2.44. The van der Waals surface area contributed by atoms with Gasteiger partial charge in [0.15, 0.2) is 0 Å². The van der Waals surface area contributed by atoms with Gasteiger partial charge in [-0.05, 0) is 38.2 Å². The molecule has 0 fully saturated rings. The summed E-state index contributed by atoms with van der Waals surface area (Å²) in [6.07, 6.45) is -4.79. The molecular formula is C15H19F3N4O4. The van der Waals surface area contributed by atoms with E-state index in [2.05, 4.69) is 20.7 Å². The summed E-state index contributed by atoms with van der Waals surface area (Å²) in [4.78, 5) is 36.0. The molecule has 0 aliphatic heterocycles. The van der Waals surface area contributed by atoms with Crippen LogP contribution in [-0.2, 0) is 9.59 Å². The Hall–Kier alpha value is -2.82. The summed E-state index contributed by atoms with van der Waals surface area (Å²) < 4.78 is 39.9. The predicted molar refractivity (Wildman–Crippen MR) is 86.5 cm³/mol. The van der Waals surface area contributed by atoms with Gasteiger partial charge in [-0.1, -0.05) is 0 Å². The molecular weight excluding hydrogens is 357 g/mol. The Kier molecular flexibility index (Phi) is 7.84. The number of rotatable bonds is 7. The van der Waals surface area contributed by atoms with Crippen LogP contribution in [0.2, 0.25) is 0 Å². The number of anilines is 1. The van der Waals surface area contributed by atoms with Gasteiger partial charge in [-0.3, -0.25) is 19.8 Å². The van der Waals surface area contributed by atoms with E-state index in [4.69, 9.17) is 0 Å². The second kappa shape index (κ2) is 9.61. The van der Waals surface area contributed by atoms with Crippen molar-refractivity contribution in [3.05, 3.63) is 24.3 Å². The Labute approximate surface area is 147 Å². The quantitative estimate of drug-likeness (QED) is 0.666. The number of alkyl halides is 3. The molecule has 0 saturated heterocycles. The summed E-state index contributed by atoms with van der Waals surface area (Å²) >= 11 is 0. The van der Waals surface area contributed by atoms with E-state index in [0.717, 1.165) is 12.1 Å². The number of amides is 4. The minimum atomic E-state index is -4.79. The van der Waals surface area contributed by atoms with Crippen molar-refractivity contribution < 1.29 is 32.3 Å². The first-order valence-electron chi connectivity index (χ1n) is 7.51. The Morgan fingerprint density at radius 2 is 1.65 bits per heavy atom. The molecule has 1 aromatic rings. The first-order chi connectivity index (χ1) is 12.1. The molecule has 11 heteroatoms. The summed E-state index contributed by atoms with van der Waals surface area (Å²) in [7, 11) is 1.50. The molecule has 0 spiro atoms. The minimum Gasteiger partial charge on any atom is -0.406 e. The average Bonchev–Trinajstić information content (AvgIpc) is 2.47. The minimum absolute atomic E-state index is 0.163. The van der Waals surface area contributed by atoms with Gasteiger partial charge in [0.1, 0.15) is 5.75 Å². The van der Waals surface area contributed by atoms with Crippen LogP contribution in [0.25, 0.3) is 0 Å². The Morgan fingerprint density at radius 1 is 1.08 bits per heavy atom. The summed E-state index contributed by atoms with van der Waals surface area (Å²) in [5, 5.41) is 6.95. The van der Waals surface area contributed by atoms with Crippen molar-refractivity contribution >= 4 is 23.5 Å². The van der Waals surface area contributed by atoms with Crippen LogP contribution >= 0.6 is 0 Å². The number of nitrogens with zero attached hydrogens (tertiary/aromatic N) is 1. The predicted octanol–water partition coefficient (Wildman–Crippen LogP) is 1.30. The molecule has 8 nitrogen and oxygen atoms in total. The van der Waals surface area contributed by atoms with E-state index in [0.29, 0.717) is 6.54 Å². The summed E-state index contributed by atoms with van der Waals surface area (Å²) in [5.74, 6) is -1.47. The van der Waals surface area contributed by atoms with Crippen molar-refractivity contribution in [1.82, 2.24) is 15.5 Å². The zero-order chi connectivity index (χ0) is 19.7. The monoisotopic (exact) mass is 376 g/mol. The number of hydrogen-bond acceptors (Lipinski definition) is 5. The third-order valence-electron chi connectivity index (χ3n) is 2.79. The molecule has 3 N–H and O–H groups in total. The van der Waals surface area contributed by atoms with Gasteiger partial charge in [-0.15, -0.1) is 13.2 Å². The van der Waals surface area contributed by atoms with Gasteiger partial charge >= 0.3 is 12.4 Å². The molecule has 0 aromatic heterocycles. The molecule has 0 atom stereocenters. The van der Waals surface area contributed by atoms with Crippen LogP contribution in [0.3, 0.4) is 0 Å². The number of nitrogens with one attached hydrogen (secondary N) is 3. The molecule has 0 unspecified atom stereocenters. The molecule has 1 rings (SSSR count). The van der Waals surface area contributed by atoms with Crippen LogP contribution in [0.15, 0.2) is 24.3 Å². The third-order valence-corrected chi connectivity index (χ3v) is 2.79. The standard InChI is InChI=1S/C15H19F3N4O4/c1-3-19-14(25)21-13(24)9-22(2)8-12(23)20-10-4-6-11(7-5-10)26-15(16,17)18/h4-7H,3,8-9H2,1-2H3,(H,20,23)(H2,19,21,24,25). The molecule has 0 aliphatic carbocycles. The fourth-order valence-electron chi connectivity index (χ4n) is 1.86. The SMILES string of the molecule is CCNC(=O)NC(=O)CN(C)CC(=O)Nc1ccc(OC(F)(F)F)cc1. The van der Waals surface area contributed by atoms with Gasteiger partial charge in [-0.2, -0.15) is 0 Å². The smallest absolute Gasteiger partial charge is 0.406 e. The zero-order valence-corrected chi connectivity index (χ0v) is 14.1. The van der Waals surface area contributed by atoms with E-state index in [1.165, 1.54) is 24.1 Å². The molecule has 0 saturated carbocycles. The summed E-state index contributed by atoms with van der Waals surface area (Å²) in [5.41, 5.74) is 0.268. The van der Waals surface area contributed by atoms with Crippen LogP contribution < -0.4 is 20.7 Å². The lowest BCUT2D eigenvalue weighted by atomic mass is 10.3. The second-order valence-corrected chi connectivity index (χ2v) is 5.20. The van der Waals surface area contributed by atoms with Crippen molar-refractivity contribution in [2.45, 2.75) is 13.3 Å². The Morgan fingerprint density at radius 3 is 2.19 bits per heavy atom. The molecule has 4 amide bonds. The molecule has 0 aliphatic rings. The molecule has 26 heavy (non-hydrogen) atoms. The molecule has 0 bridgehead atoms. The van der Waals surface area contributed by atoms with Crippen molar-refractivity contribution in [3.8, 4) is 5.75 Å². The van der Waals surface area contributed by atoms with Gasteiger partial charge in [0, 0.05) is 12.2 Å². The molecule has 144 valence electrons. The van der Waals surface area contributed by atoms with Crippen LogP contribution in [0.4, 0.5) is 23.7 Å². The highest BCUT2D eigenvalue weighted by molar-refractivity contribution is 5.96. The van der Waals surface area contributed by atoms with E-state index in [1.807, 2.05) is 0 Å². The maximum absolute atomic E-state index is 12.1. The van der Waals surface area contributed by atoms with Gasteiger partial charge in [-0.25, -0.2) is 4.79 Å². The van der Waals surface area contributed by atoms with Crippen molar-refractivity contribution in [3.63, 3.8) is 0 Å². The van der Waals surface area contributed by atoms with Crippen LogP contribution in [0, 0.1) is 0 Å². The fraction of sp³-hybridized carbons (Fsp3) is 0.400. The van der Waals surface area contributed by atoms with Crippen LogP contribution in [-0.4, -0.2) is 55.8 Å². The fourth-order valence-corrected chi connectivity index (χ4v) is 1.86. The second-order valence-electron chi connectivity index (χ2n) is 5.20. The van der Waals surface area contributed by atoms with Gasteiger partial charge in [0.05, 0.1) is 13.1 Å². The van der Waals surface area contributed by atoms with E-state index >= 15 is 0 Å². The lowest BCUT2D eigenvalue weighted by Gasteiger charge is -2.16. The van der Waals surface area contributed by atoms with E-state index in [-0.39, 0.29) is 18.8 Å². The number of carbonyl (C=O) groups is 3. The van der Waals surface area contributed by atoms with Gasteiger partial charge in [0.2, 0.25) is 11.8 Å². The maximum Gasteiger partial charge on any atom is 0.573 e. The highest BCUT2D eigenvalue weighted by Crippen LogP contribution is 2.23. The van der Waals surface area contributed by atoms with Crippen molar-refractivity contribution in [1.29, 1.82) is 0 Å². The number of carbonyl (C=O) groups excluding carboxylic acids is 3. The largest absolute Gasteiger partial charge is 0.573 e. The van der Waals surface area contributed by atoms with E-state index in [9.17, 15) is 27.6 Å². The Bertz CT molecular complexity index is 635. The summed E-state index contributed by atoms with van der Waals surface area (Å²) in [6.45, 7) is 1.71. The maximum atomic E-state index is 12.1. The number of hydrogen-bond donors (Lipinski definition) is 3. The van der Waals surface area contributed by atoms with Crippen LogP contribution in [0.1, 0.15) is 6.92 Å². The highest BCUT2D eigenvalue weighted by atomic mass is 19.4. The highest BCUT2D eigenvalue weighted by Gasteiger charge is 2.30. The van der Waals surface area contributed by atoms with E-state index < -0.39 is 30.0 Å². The normalized spacial score (nSPS) is 11.0. The van der Waals surface area contributed by atoms with E-state index in [1.54, 1.807) is 6.92 Å². The number of halogens is 3. The first-order valence-corrected chi connectivity index (χ1v) is 7.51. The Balaban J connectivity index is 2.43. The van der Waals surface area contributed by atoms with Crippen molar-refractivity contribution in [2.24, 2.45) is 0 Å². The zero-order valence-electron chi connectivity index (χ0n) is 14.1. The van der Waals surface area contributed by atoms with Gasteiger partial charge in [0.25, 0.3) is 0 Å². The lowest BCUT2D eigenvalue weighted by molar-refractivity contribution is -0.274. The summed E-state index contributed by atoms with van der Waals surface area (Å²) in [6, 6.07) is 4.00. The number of ether oxygens (including phenoxy) is 1. The molecule has 0 radical (unpaired) electrons. The van der Waals surface area contributed by atoms with Crippen molar-refractivity contribution in [2.75, 3.05) is 32.0 Å². The number of benzene rings is 1. The topological polar surface area (TPSA) is 99.8 Å². The first kappa shape index (κ1) is 21.2. The molecule has 0 heterocycles. The number of imide groups is 1. The number of urea groups is 1.